The van der Waals surface area contributed by atoms with E-state index in [1.807, 2.05) is 111 Å². The maximum atomic E-state index is 13.4. The van der Waals surface area contributed by atoms with Crippen LogP contribution >= 0.6 is 0 Å². The van der Waals surface area contributed by atoms with Crippen molar-refractivity contribution < 1.29 is 14.0 Å². The number of carbonyl (C=O) groups is 2. The van der Waals surface area contributed by atoms with E-state index in [-0.39, 0.29) is 24.3 Å². The molecule has 1 amide bonds. The largest absolute Gasteiger partial charge is 0.416 e. The minimum Gasteiger partial charge on any atom is -0.416 e. The molecule has 5 heterocycles. The number of fused-ring (bicyclic) bond motifs is 4. The van der Waals surface area contributed by atoms with Gasteiger partial charge in [-0.3, -0.25) is 9.59 Å². The SMILES string of the molecule is CC1=C(C(=O)NCC(=O)c2ccccc2)C(c2cccc3ccccc23)n2nnnc2N1.CC1=C(c2nnc(-c3ccccc3)o2)C(c2cccc3ccccc23)n2nnnc2N1. The summed E-state index contributed by atoms with van der Waals surface area (Å²) >= 11 is 0. The van der Waals surface area contributed by atoms with Crippen LogP contribution in [-0.4, -0.2) is 68.8 Å². The molecule has 2 atom stereocenters. The molecule has 308 valence electrons. The van der Waals surface area contributed by atoms with Crippen LogP contribution < -0.4 is 16.0 Å². The molecule has 2 unspecified atom stereocenters. The maximum absolute atomic E-state index is 13.4. The number of rotatable bonds is 8. The summed E-state index contributed by atoms with van der Waals surface area (Å²) in [6.45, 7) is 3.67. The van der Waals surface area contributed by atoms with Gasteiger partial charge >= 0.3 is 0 Å². The van der Waals surface area contributed by atoms with E-state index in [9.17, 15) is 9.59 Å². The zero-order chi connectivity index (χ0) is 42.9. The highest BCUT2D eigenvalue weighted by atomic mass is 16.4. The molecule has 16 heteroatoms. The molecule has 16 nitrogen and oxygen atoms in total. The lowest BCUT2D eigenvalue weighted by Gasteiger charge is -2.28. The molecule has 3 aromatic heterocycles. The molecule has 6 aromatic carbocycles. The topological polar surface area (TPSA) is 196 Å². The number of Topliss-reactive ketones (excluding diaryl/α,β-unsaturated/α-hetero) is 1. The zero-order valence-electron chi connectivity index (χ0n) is 33.9. The standard InChI is InChI=1S/C24H20N6O2.C23H17N7O/c1-15-21(23(32)25-14-20(31)17-9-3-2-4-10-17)22(30-24(26-15)27-28-29-30)19-13-7-11-16-8-5-6-12-18(16)19;1-14-19(22-26-25-21(31-22)16-9-3-2-4-10-16)20(30-23(24-14)27-28-29-30)18-13-7-11-15-8-5-6-12-17(15)18/h2-13,22H,14H2,1H3,(H,25,32)(H,26,27,29);2-13,20H,1H3,(H,24,27,29). The summed E-state index contributed by atoms with van der Waals surface area (Å²) in [4.78, 5) is 25.9. The van der Waals surface area contributed by atoms with Gasteiger partial charge in [0, 0.05) is 22.5 Å². The van der Waals surface area contributed by atoms with E-state index in [1.165, 1.54) is 0 Å². The fraction of sp³-hybridized carbons (Fsp3) is 0.106. The number of allylic oxidation sites excluding steroid dienone is 3. The van der Waals surface area contributed by atoms with Crippen molar-refractivity contribution in [1.82, 2.24) is 55.9 Å². The average Bonchev–Trinajstić information content (AvgIpc) is 4.12. The Morgan fingerprint density at radius 3 is 1.76 bits per heavy atom. The molecule has 0 fully saturated rings. The summed E-state index contributed by atoms with van der Waals surface area (Å²) in [5.41, 5.74) is 6.17. The third kappa shape index (κ3) is 7.24. The second-order valence-electron chi connectivity index (χ2n) is 14.9. The highest BCUT2D eigenvalue weighted by Gasteiger charge is 2.36. The van der Waals surface area contributed by atoms with Gasteiger partial charge in [0.2, 0.25) is 23.7 Å². The van der Waals surface area contributed by atoms with Gasteiger partial charge in [-0.1, -0.05) is 144 Å². The van der Waals surface area contributed by atoms with Crippen molar-refractivity contribution in [3.05, 3.63) is 185 Å². The molecule has 0 bridgehead atoms. The summed E-state index contributed by atoms with van der Waals surface area (Å²) < 4.78 is 9.49. The summed E-state index contributed by atoms with van der Waals surface area (Å²) in [6, 6.07) is 46.2. The van der Waals surface area contributed by atoms with Crippen LogP contribution in [0.3, 0.4) is 0 Å². The lowest BCUT2D eigenvalue weighted by atomic mass is 9.91. The Hall–Kier alpha value is -8.66. The van der Waals surface area contributed by atoms with Gasteiger partial charge in [-0.2, -0.15) is 9.36 Å². The van der Waals surface area contributed by atoms with Gasteiger partial charge in [0.25, 0.3) is 5.91 Å². The van der Waals surface area contributed by atoms with Crippen LogP contribution in [0.2, 0.25) is 0 Å². The molecule has 0 spiro atoms. The Labute approximate surface area is 359 Å². The normalized spacial score (nSPS) is 15.5. The van der Waals surface area contributed by atoms with Crippen molar-refractivity contribution >= 4 is 50.7 Å². The fourth-order valence-electron chi connectivity index (χ4n) is 8.16. The van der Waals surface area contributed by atoms with E-state index in [4.69, 9.17) is 4.42 Å². The molecular weight excluding hydrogens is 795 g/mol. The number of hydrogen-bond acceptors (Lipinski definition) is 13. The number of benzene rings is 6. The number of ketones is 1. The molecule has 0 aliphatic carbocycles. The van der Waals surface area contributed by atoms with Crippen molar-refractivity contribution in [3.8, 4) is 11.5 Å². The van der Waals surface area contributed by atoms with Gasteiger partial charge in [-0.15, -0.1) is 10.2 Å². The first-order chi connectivity index (χ1) is 30.9. The number of tetrazole rings is 2. The van der Waals surface area contributed by atoms with Gasteiger partial charge in [-0.25, -0.2) is 0 Å². The van der Waals surface area contributed by atoms with Crippen molar-refractivity contribution in [2.75, 3.05) is 17.2 Å². The van der Waals surface area contributed by atoms with E-state index < -0.39 is 6.04 Å². The number of nitrogens with one attached hydrogen (secondary N) is 3. The summed E-state index contributed by atoms with van der Waals surface area (Å²) in [7, 11) is 0. The average molecular weight is 832 g/mol. The lowest BCUT2D eigenvalue weighted by Crippen LogP contribution is -2.37. The summed E-state index contributed by atoms with van der Waals surface area (Å²) in [5, 5.41) is 46.4. The van der Waals surface area contributed by atoms with E-state index in [0.29, 0.717) is 40.5 Å². The first-order valence-electron chi connectivity index (χ1n) is 20.2. The minimum atomic E-state index is -0.542. The van der Waals surface area contributed by atoms with Crippen molar-refractivity contribution in [2.24, 2.45) is 0 Å². The molecule has 9 aromatic rings. The first-order valence-corrected chi connectivity index (χ1v) is 20.2. The minimum absolute atomic E-state index is 0.107. The highest BCUT2D eigenvalue weighted by Crippen LogP contribution is 2.43. The monoisotopic (exact) mass is 831 g/mol. The van der Waals surface area contributed by atoms with Gasteiger partial charge in [0.05, 0.1) is 17.7 Å². The molecule has 0 saturated carbocycles. The first kappa shape index (κ1) is 38.5. The van der Waals surface area contributed by atoms with E-state index in [1.54, 1.807) is 33.6 Å². The Morgan fingerprint density at radius 1 is 0.587 bits per heavy atom. The van der Waals surface area contributed by atoms with Crippen LogP contribution in [0.1, 0.15) is 53.3 Å². The lowest BCUT2D eigenvalue weighted by molar-refractivity contribution is -0.117. The fourth-order valence-corrected chi connectivity index (χ4v) is 8.16. The molecule has 0 saturated heterocycles. The van der Waals surface area contributed by atoms with Gasteiger partial charge in [-0.05, 0) is 79.5 Å². The maximum Gasteiger partial charge on any atom is 0.251 e. The van der Waals surface area contributed by atoms with E-state index >= 15 is 0 Å². The second kappa shape index (κ2) is 16.4. The predicted octanol–water partition coefficient (Wildman–Crippen LogP) is 7.44. The number of nitrogens with zero attached hydrogens (tertiary/aromatic N) is 10. The zero-order valence-corrected chi connectivity index (χ0v) is 33.9. The van der Waals surface area contributed by atoms with Crippen LogP contribution in [0.5, 0.6) is 0 Å². The summed E-state index contributed by atoms with van der Waals surface area (Å²) in [6.07, 6.45) is 0. The van der Waals surface area contributed by atoms with Crippen LogP contribution in [0, 0.1) is 0 Å². The Balaban J connectivity index is 0.000000150. The number of aromatic nitrogens is 10. The molecule has 0 radical (unpaired) electrons. The predicted molar refractivity (Wildman–Crippen MR) is 236 cm³/mol. The third-order valence-corrected chi connectivity index (χ3v) is 11.1. The van der Waals surface area contributed by atoms with Crippen LogP contribution in [0.4, 0.5) is 11.9 Å². The van der Waals surface area contributed by atoms with Crippen molar-refractivity contribution in [3.63, 3.8) is 0 Å². The van der Waals surface area contributed by atoms with Crippen LogP contribution in [0.25, 0.3) is 38.6 Å². The number of amides is 1. The van der Waals surface area contributed by atoms with E-state index in [2.05, 4.69) is 81.5 Å². The van der Waals surface area contributed by atoms with Crippen molar-refractivity contribution in [2.45, 2.75) is 25.9 Å². The van der Waals surface area contributed by atoms with Gasteiger partial charge in [0.15, 0.2) is 5.78 Å². The van der Waals surface area contributed by atoms with Crippen molar-refractivity contribution in [1.29, 1.82) is 0 Å². The Kier molecular flexibility index (Phi) is 10.0. The highest BCUT2D eigenvalue weighted by molar-refractivity contribution is 6.03. The van der Waals surface area contributed by atoms with Gasteiger partial charge in [0.1, 0.15) is 12.1 Å². The Morgan fingerprint density at radius 2 is 1.11 bits per heavy atom. The molecule has 2 aliphatic heterocycles. The quantitative estimate of drug-likeness (QED) is 0.128. The van der Waals surface area contributed by atoms with E-state index in [0.717, 1.165) is 49.5 Å². The molecule has 63 heavy (non-hydrogen) atoms. The molecule has 11 rings (SSSR count). The molecular formula is C47H37N13O3. The smallest absolute Gasteiger partial charge is 0.251 e. The Bertz CT molecular complexity index is 3220. The van der Waals surface area contributed by atoms with Crippen LogP contribution in [-0.2, 0) is 4.79 Å². The molecule has 3 N–H and O–H groups in total. The number of hydrogen-bond donors (Lipinski definition) is 3. The van der Waals surface area contributed by atoms with Crippen LogP contribution in [0.15, 0.2) is 167 Å². The second-order valence-corrected chi connectivity index (χ2v) is 14.9. The summed E-state index contributed by atoms with van der Waals surface area (Å²) in [5.74, 6) is 1.42. The third-order valence-electron chi connectivity index (χ3n) is 11.1. The van der Waals surface area contributed by atoms with Gasteiger partial charge < -0.3 is 20.4 Å². The molecule has 2 aliphatic rings. The number of anilines is 2. The number of carbonyl (C=O) groups excluding carboxylic acids is 2.